The van der Waals surface area contributed by atoms with Crippen molar-refractivity contribution in [3.8, 4) is 0 Å². The SMILES string of the molecule is [O]C(O)C(F)(F)C(F)(F)[C](F)F. The second-order valence-corrected chi connectivity index (χ2v) is 1.81. The lowest BCUT2D eigenvalue weighted by atomic mass is 10.2. The van der Waals surface area contributed by atoms with Crippen LogP contribution in [0.3, 0.4) is 0 Å². The van der Waals surface area contributed by atoms with E-state index in [0.717, 1.165) is 0 Å². The molecular weight excluding hydrogens is 194 g/mol. The summed E-state index contributed by atoms with van der Waals surface area (Å²) in [4.78, 5) is 0. The van der Waals surface area contributed by atoms with Crippen molar-refractivity contribution in [3.05, 3.63) is 6.43 Å². The van der Waals surface area contributed by atoms with Crippen LogP contribution in [0.1, 0.15) is 0 Å². The number of alkyl halides is 4. The average Bonchev–Trinajstić information content (AvgIpc) is 1.86. The van der Waals surface area contributed by atoms with Crippen molar-refractivity contribution in [1.29, 1.82) is 0 Å². The maximum Gasteiger partial charge on any atom is 0.384 e. The molecule has 1 atom stereocenters. The fourth-order valence-electron chi connectivity index (χ4n) is 0.281. The molecule has 0 bridgehead atoms. The highest BCUT2D eigenvalue weighted by Gasteiger charge is 2.68. The van der Waals surface area contributed by atoms with Crippen molar-refractivity contribution in [2.75, 3.05) is 0 Å². The Morgan fingerprint density at radius 1 is 1.17 bits per heavy atom. The van der Waals surface area contributed by atoms with Gasteiger partial charge in [-0.3, -0.25) is 0 Å². The summed E-state index contributed by atoms with van der Waals surface area (Å²) >= 11 is 0. The van der Waals surface area contributed by atoms with Gasteiger partial charge in [-0.25, -0.2) is 0 Å². The molecule has 0 saturated heterocycles. The molecule has 0 saturated carbocycles. The summed E-state index contributed by atoms with van der Waals surface area (Å²) in [5, 5.41) is 17.0. The Bertz CT molecular complexity index is 138. The summed E-state index contributed by atoms with van der Waals surface area (Å²) in [6.45, 7) is 0. The van der Waals surface area contributed by atoms with Gasteiger partial charge < -0.3 is 5.11 Å². The van der Waals surface area contributed by atoms with Crippen LogP contribution in [0.2, 0.25) is 0 Å². The summed E-state index contributed by atoms with van der Waals surface area (Å²) in [6.07, 6.45) is -8.00. The van der Waals surface area contributed by atoms with Crippen molar-refractivity contribution in [3.63, 3.8) is 0 Å². The Balaban J connectivity index is 4.75. The Morgan fingerprint density at radius 2 is 1.50 bits per heavy atom. The number of hydrogen-bond acceptors (Lipinski definition) is 1. The molecule has 12 heavy (non-hydrogen) atoms. The van der Waals surface area contributed by atoms with E-state index < -0.39 is 24.6 Å². The first kappa shape index (κ1) is 11.5. The predicted molar refractivity (Wildman–Crippen MR) is 22.0 cm³/mol. The van der Waals surface area contributed by atoms with Gasteiger partial charge in [0.05, 0.1) is 0 Å². The first-order valence-electron chi connectivity index (χ1n) is 2.42. The molecule has 0 heterocycles. The van der Waals surface area contributed by atoms with Gasteiger partial charge in [-0.1, -0.05) is 0 Å². The van der Waals surface area contributed by atoms with Gasteiger partial charge in [0.15, 0.2) is 0 Å². The topological polar surface area (TPSA) is 40.1 Å². The molecule has 8 heteroatoms. The summed E-state index contributed by atoms with van der Waals surface area (Å²) in [5.74, 6) is -11.6. The van der Waals surface area contributed by atoms with Gasteiger partial charge in [-0.05, 0) is 0 Å². The number of aliphatic hydroxyl groups excluding tert-OH is 1. The molecule has 0 fully saturated rings. The summed E-state index contributed by atoms with van der Waals surface area (Å²) in [6, 6.07) is 0. The second-order valence-electron chi connectivity index (χ2n) is 1.81. The highest BCUT2D eigenvalue weighted by atomic mass is 19.3. The van der Waals surface area contributed by atoms with Crippen LogP contribution in [-0.4, -0.2) is 23.2 Å². The Labute approximate surface area is 62.4 Å². The average molecular weight is 196 g/mol. The van der Waals surface area contributed by atoms with Gasteiger partial charge >= 0.3 is 18.3 Å². The minimum Gasteiger partial charge on any atom is -0.361 e. The van der Waals surface area contributed by atoms with E-state index >= 15 is 0 Å². The lowest BCUT2D eigenvalue weighted by molar-refractivity contribution is -0.325. The van der Waals surface area contributed by atoms with Crippen LogP contribution < -0.4 is 0 Å². The van der Waals surface area contributed by atoms with Gasteiger partial charge in [-0.15, -0.1) is 0 Å². The maximum absolute atomic E-state index is 11.8. The first-order chi connectivity index (χ1) is 5.14. The second kappa shape index (κ2) is 3.09. The molecule has 0 aliphatic rings. The molecule has 0 aromatic carbocycles. The third kappa shape index (κ3) is 1.63. The standard InChI is InChI=1S/C4H2F6O2/c5-1(6)3(7,8)4(9,10)2(11)12/h2,11H. The molecule has 2 nitrogen and oxygen atoms in total. The molecular formula is C4H2F6O2. The highest BCUT2D eigenvalue weighted by molar-refractivity contribution is 4.97. The van der Waals surface area contributed by atoms with Gasteiger partial charge in [0.25, 0.3) is 6.29 Å². The Morgan fingerprint density at radius 3 is 1.58 bits per heavy atom. The van der Waals surface area contributed by atoms with Crippen LogP contribution in [0.25, 0.3) is 0 Å². The number of rotatable bonds is 3. The molecule has 0 aliphatic heterocycles. The first-order valence-corrected chi connectivity index (χ1v) is 2.42. The minimum absolute atomic E-state index is 3.91. The number of hydrogen-bond donors (Lipinski definition) is 1. The van der Waals surface area contributed by atoms with Gasteiger partial charge in [-0.2, -0.15) is 31.4 Å². The molecule has 0 aromatic heterocycles. The molecule has 0 aromatic rings. The van der Waals surface area contributed by atoms with Gasteiger partial charge in [0, 0.05) is 0 Å². The molecule has 0 aliphatic carbocycles. The van der Waals surface area contributed by atoms with Crippen LogP contribution in [-0.2, 0) is 5.11 Å². The monoisotopic (exact) mass is 196 g/mol. The van der Waals surface area contributed by atoms with E-state index in [1.54, 1.807) is 0 Å². The molecule has 0 rings (SSSR count). The summed E-state index contributed by atoms with van der Waals surface area (Å²) in [7, 11) is 0. The normalized spacial score (nSPS) is 14.5. The van der Waals surface area contributed by atoms with Gasteiger partial charge in [0.2, 0.25) is 0 Å². The van der Waals surface area contributed by atoms with E-state index in [-0.39, 0.29) is 0 Å². The highest BCUT2D eigenvalue weighted by Crippen LogP contribution is 2.44. The minimum atomic E-state index is -5.89. The van der Waals surface area contributed by atoms with E-state index in [4.69, 9.17) is 5.11 Å². The fourth-order valence-corrected chi connectivity index (χ4v) is 0.281. The lowest BCUT2D eigenvalue weighted by Crippen LogP contribution is -2.50. The zero-order valence-electron chi connectivity index (χ0n) is 5.20. The Kier molecular flexibility index (Phi) is 2.97. The third-order valence-corrected chi connectivity index (χ3v) is 0.966. The molecule has 0 amide bonds. The van der Waals surface area contributed by atoms with Crippen molar-refractivity contribution in [2.45, 2.75) is 18.1 Å². The van der Waals surface area contributed by atoms with Crippen molar-refractivity contribution >= 4 is 0 Å². The molecule has 72 valence electrons. The van der Waals surface area contributed by atoms with Crippen LogP contribution in [0.4, 0.5) is 26.3 Å². The van der Waals surface area contributed by atoms with Crippen LogP contribution in [0.15, 0.2) is 0 Å². The zero-order chi connectivity index (χ0) is 10.2. The lowest BCUT2D eigenvalue weighted by Gasteiger charge is -2.24. The number of aliphatic hydroxyl groups is 1. The third-order valence-electron chi connectivity index (χ3n) is 0.966. The number of halogens is 6. The Hall–Kier alpha value is -0.500. The van der Waals surface area contributed by atoms with Gasteiger partial charge in [0.1, 0.15) is 0 Å². The van der Waals surface area contributed by atoms with E-state index in [1.165, 1.54) is 0 Å². The quantitative estimate of drug-likeness (QED) is 0.538. The van der Waals surface area contributed by atoms with Crippen LogP contribution in [0.5, 0.6) is 0 Å². The molecule has 0 spiro atoms. The molecule has 2 radical (unpaired) electrons. The smallest absolute Gasteiger partial charge is 0.361 e. The summed E-state index contributed by atoms with van der Waals surface area (Å²) < 4.78 is 69.1. The molecule has 1 unspecified atom stereocenters. The van der Waals surface area contributed by atoms with Crippen molar-refractivity contribution < 1.29 is 36.6 Å². The van der Waals surface area contributed by atoms with E-state index in [1.807, 2.05) is 0 Å². The van der Waals surface area contributed by atoms with E-state index in [0.29, 0.717) is 0 Å². The van der Waals surface area contributed by atoms with E-state index in [9.17, 15) is 31.4 Å². The maximum atomic E-state index is 11.8. The largest absolute Gasteiger partial charge is 0.384 e. The fraction of sp³-hybridized carbons (Fsp3) is 0.750. The van der Waals surface area contributed by atoms with E-state index in [2.05, 4.69) is 0 Å². The van der Waals surface area contributed by atoms with Crippen LogP contribution >= 0.6 is 0 Å². The predicted octanol–water partition coefficient (Wildman–Crippen LogP) is 1.43. The molecule has 1 N–H and O–H groups in total. The van der Waals surface area contributed by atoms with Crippen molar-refractivity contribution in [1.82, 2.24) is 0 Å². The van der Waals surface area contributed by atoms with Crippen LogP contribution in [0, 0.1) is 6.43 Å². The summed E-state index contributed by atoms with van der Waals surface area (Å²) in [5.41, 5.74) is 0. The van der Waals surface area contributed by atoms with Crippen molar-refractivity contribution in [2.24, 2.45) is 0 Å². The zero-order valence-corrected chi connectivity index (χ0v) is 5.20.